The molecule has 0 saturated carbocycles. The van der Waals surface area contributed by atoms with Crippen LogP contribution >= 0.6 is 24.0 Å². The first kappa shape index (κ1) is 20.1. The van der Waals surface area contributed by atoms with Gasteiger partial charge in [0.05, 0.1) is 25.5 Å². The van der Waals surface area contributed by atoms with Gasteiger partial charge in [0.1, 0.15) is 0 Å². The average molecular weight is 433 g/mol. The van der Waals surface area contributed by atoms with E-state index in [9.17, 15) is 0 Å². The fourth-order valence-corrected chi connectivity index (χ4v) is 2.34. The van der Waals surface area contributed by atoms with Gasteiger partial charge >= 0.3 is 0 Å². The highest BCUT2D eigenvalue weighted by atomic mass is 127. The van der Waals surface area contributed by atoms with Gasteiger partial charge in [-0.15, -0.1) is 24.0 Å². The number of rotatable bonds is 6. The quantitative estimate of drug-likeness (QED) is 0.404. The van der Waals surface area contributed by atoms with Gasteiger partial charge in [-0.25, -0.2) is 4.99 Å². The first-order valence-corrected chi connectivity index (χ1v) is 8.02. The Morgan fingerprint density at radius 3 is 2.83 bits per heavy atom. The van der Waals surface area contributed by atoms with E-state index in [4.69, 9.17) is 4.74 Å². The second kappa shape index (κ2) is 11.6. The van der Waals surface area contributed by atoms with Gasteiger partial charge in [0.2, 0.25) is 0 Å². The van der Waals surface area contributed by atoms with Crippen molar-refractivity contribution in [3.05, 3.63) is 29.6 Å². The van der Waals surface area contributed by atoms with E-state index < -0.39 is 0 Å². The molecule has 0 spiro atoms. The lowest BCUT2D eigenvalue weighted by Gasteiger charge is -2.26. The van der Waals surface area contributed by atoms with E-state index >= 15 is 0 Å². The highest BCUT2D eigenvalue weighted by molar-refractivity contribution is 14.0. The Labute approximate surface area is 156 Å². The van der Waals surface area contributed by atoms with Crippen LogP contribution in [0.25, 0.3) is 0 Å². The van der Waals surface area contributed by atoms with Crippen LogP contribution in [0.4, 0.5) is 0 Å². The Kier molecular flexibility index (Phi) is 10.1. The molecule has 0 atom stereocenters. The molecule has 0 amide bonds. The normalized spacial score (nSPS) is 15.8. The topological polar surface area (TPSA) is 61.8 Å². The van der Waals surface area contributed by atoms with Crippen LogP contribution in [0, 0.1) is 6.92 Å². The van der Waals surface area contributed by atoms with E-state index in [-0.39, 0.29) is 24.0 Å². The van der Waals surface area contributed by atoms with Gasteiger partial charge in [0.25, 0.3) is 0 Å². The number of hydrogen-bond donors (Lipinski definition) is 2. The molecule has 23 heavy (non-hydrogen) atoms. The predicted molar refractivity (Wildman–Crippen MR) is 104 cm³/mol. The highest BCUT2D eigenvalue weighted by Crippen LogP contribution is 2.04. The lowest BCUT2D eigenvalue weighted by atomic mass is 10.2. The monoisotopic (exact) mass is 433 g/mol. The van der Waals surface area contributed by atoms with Crippen molar-refractivity contribution in [3.8, 4) is 0 Å². The SMILES string of the molecule is CCNC(=NCc1ncccc1C)NCCN1CCOCC1.I. The summed E-state index contributed by atoms with van der Waals surface area (Å²) in [6, 6.07) is 4.02. The maximum atomic E-state index is 5.36. The smallest absolute Gasteiger partial charge is 0.191 e. The van der Waals surface area contributed by atoms with Crippen molar-refractivity contribution in [2.75, 3.05) is 45.9 Å². The molecule has 7 heteroatoms. The second-order valence-electron chi connectivity index (χ2n) is 5.34. The minimum Gasteiger partial charge on any atom is -0.379 e. The van der Waals surface area contributed by atoms with Crippen LogP contribution in [-0.4, -0.2) is 61.8 Å². The molecule has 2 heterocycles. The Bertz CT molecular complexity index is 477. The number of hydrogen-bond acceptors (Lipinski definition) is 4. The standard InChI is InChI=1S/C16H27N5O.HI/c1-3-17-16(19-7-8-21-9-11-22-12-10-21)20-13-15-14(2)5-4-6-18-15;/h4-6H,3,7-13H2,1-2H3,(H2,17,19,20);1H. The van der Waals surface area contributed by atoms with Crippen molar-refractivity contribution in [2.24, 2.45) is 4.99 Å². The van der Waals surface area contributed by atoms with E-state index in [1.807, 2.05) is 12.3 Å². The minimum absolute atomic E-state index is 0. The number of pyridine rings is 1. The summed E-state index contributed by atoms with van der Waals surface area (Å²) >= 11 is 0. The third-order valence-electron chi connectivity index (χ3n) is 3.67. The summed E-state index contributed by atoms with van der Waals surface area (Å²) < 4.78 is 5.36. The summed E-state index contributed by atoms with van der Waals surface area (Å²) in [5, 5.41) is 6.66. The van der Waals surface area contributed by atoms with Gasteiger partial charge in [-0.05, 0) is 25.5 Å². The molecule has 2 N–H and O–H groups in total. The number of aromatic nitrogens is 1. The fraction of sp³-hybridized carbons (Fsp3) is 0.625. The second-order valence-corrected chi connectivity index (χ2v) is 5.34. The van der Waals surface area contributed by atoms with E-state index in [1.54, 1.807) is 0 Å². The summed E-state index contributed by atoms with van der Waals surface area (Å²) in [5.41, 5.74) is 2.20. The van der Waals surface area contributed by atoms with Crippen LogP contribution in [0.2, 0.25) is 0 Å². The molecule has 2 rings (SSSR count). The molecule has 0 bridgehead atoms. The van der Waals surface area contributed by atoms with Crippen molar-refractivity contribution < 1.29 is 4.74 Å². The third-order valence-corrected chi connectivity index (χ3v) is 3.67. The zero-order valence-corrected chi connectivity index (χ0v) is 16.4. The fourth-order valence-electron chi connectivity index (χ4n) is 2.34. The predicted octanol–water partition coefficient (Wildman–Crippen LogP) is 1.40. The summed E-state index contributed by atoms with van der Waals surface area (Å²) in [7, 11) is 0. The average Bonchev–Trinajstić information content (AvgIpc) is 2.55. The van der Waals surface area contributed by atoms with Crippen LogP contribution in [0.5, 0.6) is 0 Å². The lowest BCUT2D eigenvalue weighted by molar-refractivity contribution is 0.0389. The number of halogens is 1. The minimum atomic E-state index is 0. The zero-order valence-electron chi connectivity index (χ0n) is 14.0. The van der Waals surface area contributed by atoms with E-state index in [2.05, 4.69) is 45.4 Å². The van der Waals surface area contributed by atoms with Crippen molar-refractivity contribution >= 4 is 29.9 Å². The molecule has 0 unspecified atom stereocenters. The van der Waals surface area contributed by atoms with Crippen LogP contribution in [0.3, 0.4) is 0 Å². The van der Waals surface area contributed by atoms with Gasteiger partial charge in [0.15, 0.2) is 5.96 Å². The summed E-state index contributed by atoms with van der Waals surface area (Å²) in [6.45, 7) is 11.2. The summed E-state index contributed by atoms with van der Waals surface area (Å²) in [4.78, 5) is 11.4. The van der Waals surface area contributed by atoms with Crippen LogP contribution in [-0.2, 0) is 11.3 Å². The highest BCUT2D eigenvalue weighted by Gasteiger charge is 2.09. The van der Waals surface area contributed by atoms with Gasteiger partial charge in [-0.2, -0.15) is 0 Å². The van der Waals surface area contributed by atoms with Gasteiger partial charge in [-0.1, -0.05) is 6.07 Å². The molecule has 0 aromatic carbocycles. The molecule has 1 aliphatic rings. The van der Waals surface area contributed by atoms with Gasteiger partial charge < -0.3 is 15.4 Å². The van der Waals surface area contributed by atoms with E-state index in [0.29, 0.717) is 6.54 Å². The molecule has 6 nitrogen and oxygen atoms in total. The molecule has 1 saturated heterocycles. The van der Waals surface area contributed by atoms with Crippen molar-refractivity contribution in [2.45, 2.75) is 20.4 Å². The summed E-state index contributed by atoms with van der Waals surface area (Å²) in [6.07, 6.45) is 1.82. The molecule has 1 aromatic rings. The van der Waals surface area contributed by atoms with Crippen molar-refractivity contribution in [3.63, 3.8) is 0 Å². The number of guanidine groups is 1. The number of aryl methyl sites for hydroxylation is 1. The van der Waals surface area contributed by atoms with Crippen molar-refractivity contribution in [1.82, 2.24) is 20.5 Å². The Hall–Kier alpha value is -0.930. The molecule has 0 radical (unpaired) electrons. The molecular formula is C16H28IN5O. The lowest BCUT2D eigenvalue weighted by Crippen LogP contribution is -2.44. The molecule has 1 aromatic heterocycles. The first-order chi connectivity index (χ1) is 10.8. The number of ether oxygens (including phenoxy) is 1. The van der Waals surface area contributed by atoms with Gasteiger partial charge in [0, 0.05) is 38.9 Å². The molecule has 1 aliphatic heterocycles. The van der Waals surface area contributed by atoms with Crippen LogP contribution in [0.15, 0.2) is 23.3 Å². The summed E-state index contributed by atoms with van der Waals surface area (Å²) in [5.74, 6) is 0.848. The Morgan fingerprint density at radius 1 is 1.35 bits per heavy atom. The first-order valence-electron chi connectivity index (χ1n) is 8.02. The maximum absolute atomic E-state index is 5.36. The Balaban J connectivity index is 0.00000264. The van der Waals surface area contributed by atoms with E-state index in [1.165, 1.54) is 5.56 Å². The molecule has 1 fully saturated rings. The third kappa shape index (κ3) is 7.45. The number of morpholine rings is 1. The number of aliphatic imine (C=N–C) groups is 1. The zero-order chi connectivity index (χ0) is 15.6. The maximum Gasteiger partial charge on any atom is 0.191 e. The van der Waals surface area contributed by atoms with Crippen LogP contribution in [0.1, 0.15) is 18.2 Å². The van der Waals surface area contributed by atoms with Crippen molar-refractivity contribution in [1.29, 1.82) is 0 Å². The van der Waals surface area contributed by atoms with Gasteiger partial charge in [-0.3, -0.25) is 9.88 Å². The molecular weight excluding hydrogens is 405 g/mol. The number of nitrogens with one attached hydrogen (secondary N) is 2. The molecule has 0 aliphatic carbocycles. The largest absolute Gasteiger partial charge is 0.379 e. The number of nitrogens with zero attached hydrogens (tertiary/aromatic N) is 3. The Morgan fingerprint density at radius 2 is 2.13 bits per heavy atom. The van der Waals surface area contributed by atoms with Crippen LogP contribution < -0.4 is 10.6 Å². The van der Waals surface area contributed by atoms with E-state index in [0.717, 1.165) is 57.6 Å². The molecule has 130 valence electrons.